The van der Waals surface area contributed by atoms with Crippen molar-refractivity contribution in [1.82, 2.24) is 25.6 Å². The Labute approximate surface area is 110 Å². The van der Waals surface area contributed by atoms with Gasteiger partial charge in [-0.15, -0.1) is 5.10 Å². The number of nitrogens with one attached hydrogen (secondary N) is 1. The highest BCUT2D eigenvalue weighted by Gasteiger charge is 2.25. The van der Waals surface area contributed by atoms with Crippen LogP contribution < -0.4 is 11.3 Å². The molecule has 0 aromatic carbocycles. The van der Waals surface area contributed by atoms with E-state index in [1.54, 1.807) is 0 Å². The Balaban J connectivity index is 2.08. The lowest BCUT2D eigenvalue weighted by molar-refractivity contribution is -0.120. The normalized spacial score (nSPS) is 17.9. The summed E-state index contributed by atoms with van der Waals surface area (Å²) in [5.41, 5.74) is 2.18. The molecule has 1 saturated carbocycles. The van der Waals surface area contributed by atoms with Crippen LogP contribution in [0.4, 0.5) is 0 Å². The molecule has 100 valence electrons. The van der Waals surface area contributed by atoms with Gasteiger partial charge in [0.25, 0.3) is 0 Å². The largest absolute Gasteiger partial charge is 0.293 e. The van der Waals surface area contributed by atoms with Crippen LogP contribution in [0.1, 0.15) is 45.1 Å². The lowest BCUT2D eigenvalue weighted by atomic mass is 10.3. The van der Waals surface area contributed by atoms with Gasteiger partial charge in [0.1, 0.15) is 0 Å². The zero-order valence-electron chi connectivity index (χ0n) is 10.4. The first-order valence-corrected chi connectivity index (χ1v) is 7.09. The predicted octanol–water partition coefficient (Wildman–Crippen LogP) is 0.649. The Morgan fingerprint density at radius 2 is 2.33 bits per heavy atom. The van der Waals surface area contributed by atoms with Gasteiger partial charge in [-0.3, -0.25) is 10.2 Å². The van der Waals surface area contributed by atoms with Gasteiger partial charge in [-0.2, -0.15) is 0 Å². The van der Waals surface area contributed by atoms with Crippen molar-refractivity contribution in [2.24, 2.45) is 5.84 Å². The molecule has 7 nitrogen and oxygen atoms in total. The van der Waals surface area contributed by atoms with E-state index in [9.17, 15) is 4.79 Å². The maximum Gasteiger partial charge on any atom is 0.247 e. The fourth-order valence-electron chi connectivity index (χ4n) is 2.18. The fraction of sp³-hybridized carbons (Fsp3) is 0.800. The molecule has 0 radical (unpaired) electrons. The predicted molar refractivity (Wildman–Crippen MR) is 67.6 cm³/mol. The quantitative estimate of drug-likeness (QED) is 0.353. The third-order valence-electron chi connectivity index (χ3n) is 3.19. The molecule has 1 heterocycles. The van der Waals surface area contributed by atoms with Crippen LogP contribution in [-0.4, -0.2) is 31.4 Å². The summed E-state index contributed by atoms with van der Waals surface area (Å²) in [6.07, 6.45) is 5.34. The number of amides is 1. The first kappa shape index (κ1) is 13.3. The summed E-state index contributed by atoms with van der Waals surface area (Å²) < 4.78 is 1.85. The van der Waals surface area contributed by atoms with Crippen LogP contribution in [0, 0.1) is 0 Å². The Bertz CT molecular complexity index is 403. The Morgan fingerprint density at radius 1 is 1.61 bits per heavy atom. The molecular weight excluding hydrogens is 252 g/mol. The number of hydrogen-bond acceptors (Lipinski definition) is 6. The molecule has 1 aliphatic carbocycles. The molecule has 2 rings (SSSR count). The van der Waals surface area contributed by atoms with Gasteiger partial charge in [0.2, 0.25) is 11.1 Å². The van der Waals surface area contributed by atoms with E-state index in [-0.39, 0.29) is 11.2 Å². The molecular formula is C10H18N6OS. The molecule has 1 atom stereocenters. The molecule has 0 bridgehead atoms. The number of nitrogens with two attached hydrogens (primary N) is 1. The third kappa shape index (κ3) is 2.81. The second kappa shape index (κ2) is 6.14. The topological polar surface area (TPSA) is 98.7 Å². The van der Waals surface area contributed by atoms with E-state index in [4.69, 9.17) is 5.84 Å². The van der Waals surface area contributed by atoms with E-state index in [1.165, 1.54) is 24.6 Å². The van der Waals surface area contributed by atoms with Gasteiger partial charge in [-0.05, 0) is 29.7 Å². The van der Waals surface area contributed by atoms with Gasteiger partial charge in [-0.1, -0.05) is 31.5 Å². The number of hydrazine groups is 1. The molecule has 1 aromatic rings. The molecule has 18 heavy (non-hydrogen) atoms. The van der Waals surface area contributed by atoms with Crippen molar-refractivity contribution in [3.05, 3.63) is 0 Å². The van der Waals surface area contributed by atoms with Crippen molar-refractivity contribution >= 4 is 17.7 Å². The minimum Gasteiger partial charge on any atom is -0.293 e. The van der Waals surface area contributed by atoms with E-state index in [0.29, 0.717) is 17.6 Å². The SMILES string of the molecule is CCC(Sc1nnnn1C1CCCC1)C(=O)NN. The minimum absolute atomic E-state index is 0.191. The summed E-state index contributed by atoms with van der Waals surface area (Å²) >= 11 is 1.38. The molecule has 8 heteroatoms. The molecule has 1 aromatic heterocycles. The number of thioether (sulfide) groups is 1. The molecule has 1 aliphatic rings. The number of hydrogen-bond donors (Lipinski definition) is 2. The van der Waals surface area contributed by atoms with E-state index < -0.39 is 0 Å². The van der Waals surface area contributed by atoms with E-state index >= 15 is 0 Å². The van der Waals surface area contributed by atoms with Crippen LogP contribution in [0.5, 0.6) is 0 Å². The lowest BCUT2D eigenvalue weighted by Gasteiger charge is -2.14. The van der Waals surface area contributed by atoms with E-state index in [0.717, 1.165) is 12.8 Å². The van der Waals surface area contributed by atoms with E-state index in [2.05, 4.69) is 21.0 Å². The lowest BCUT2D eigenvalue weighted by Crippen LogP contribution is -2.37. The van der Waals surface area contributed by atoms with Crippen LogP contribution in [0.2, 0.25) is 0 Å². The maximum absolute atomic E-state index is 11.6. The van der Waals surface area contributed by atoms with Crippen molar-refractivity contribution in [3.63, 3.8) is 0 Å². The van der Waals surface area contributed by atoms with Crippen molar-refractivity contribution in [1.29, 1.82) is 0 Å². The second-order valence-electron chi connectivity index (χ2n) is 4.37. The summed E-state index contributed by atoms with van der Waals surface area (Å²) in [4.78, 5) is 11.6. The summed E-state index contributed by atoms with van der Waals surface area (Å²) in [6.45, 7) is 1.94. The summed E-state index contributed by atoms with van der Waals surface area (Å²) in [6, 6.07) is 0.376. The molecule has 1 unspecified atom stereocenters. The van der Waals surface area contributed by atoms with Crippen LogP contribution >= 0.6 is 11.8 Å². The highest BCUT2D eigenvalue weighted by molar-refractivity contribution is 8.00. The zero-order chi connectivity index (χ0) is 13.0. The summed E-state index contributed by atoms with van der Waals surface area (Å²) in [5.74, 6) is 4.98. The first-order valence-electron chi connectivity index (χ1n) is 6.21. The number of carbonyl (C=O) groups excluding carboxylic acids is 1. The van der Waals surface area contributed by atoms with Crippen LogP contribution in [0.25, 0.3) is 0 Å². The third-order valence-corrected chi connectivity index (χ3v) is 4.50. The first-order chi connectivity index (χ1) is 8.76. The highest BCUT2D eigenvalue weighted by atomic mass is 32.2. The average Bonchev–Trinajstić information content (AvgIpc) is 3.05. The minimum atomic E-state index is -0.249. The summed E-state index contributed by atoms with van der Waals surface area (Å²) in [5, 5.41) is 12.2. The second-order valence-corrected chi connectivity index (χ2v) is 5.54. The Morgan fingerprint density at radius 3 is 2.94 bits per heavy atom. The van der Waals surface area contributed by atoms with Gasteiger partial charge in [-0.25, -0.2) is 10.5 Å². The zero-order valence-corrected chi connectivity index (χ0v) is 11.2. The molecule has 0 aliphatic heterocycles. The Kier molecular flexibility index (Phi) is 4.54. The standard InChI is InChI=1S/C10H18N6OS/c1-2-8(9(17)12-11)18-10-13-14-15-16(10)7-5-3-4-6-7/h7-8H,2-6,11H2,1H3,(H,12,17). The van der Waals surface area contributed by atoms with Crippen molar-refractivity contribution in [2.75, 3.05) is 0 Å². The van der Waals surface area contributed by atoms with Crippen LogP contribution in [0.3, 0.4) is 0 Å². The Hall–Kier alpha value is -1.15. The monoisotopic (exact) mass is 270 g/mol. The molecule has 1 amide bonds. The van der Waals surface area contributed by atoms with Gasteiger partial charge >= 0.3 is 0 Å². The average molecular weight is 270 g/mol. The van der Waals surface area contributed by atoms with Crippen molar-refractivity contribution in [2.45, 2.75) is 55.5 Å². The molecule has 1 fully saturated rings. The van der Waals surface area contributed by atoms with Crippen LogP contribution in [-0.2, 0) is 4.79 Å². The number of tetrazole rings is 1. The number of rotatable bonds is 5. The van der Waals surface area contributed by atoms with Gasteiger partial charge in [0, 0.05) is 0 Å². The van der Waals surface area contributed by atoms with Crippen LogP contribution in [0.15, 0.2) is 5.16 Å². The molecule has 0 spiro atoms. The number of nitrogens with zero attached hydrogens (tertiary/aromatic N) is 4. The number of carbonyl (C=O) groups is 1. The van der Waals surface area contributed by atoms with Gasteiger partial charge < -0.3 is 0 Å². The maximum atomic E-state index is 11.6. The summed E-state index contributed by atoms with van der Waals surface area (Å²) in [7, 11) is 0. The fourth-order valence-corrected chi connectivity index (χ4v) is 3.16. The molecule has 3 N–H and O–H groups in total. The van der Waals surface area contributed by atoms with Crippen molar-refractivity contribution in [3.8, 4) is 0 Å². The van der Waals surface area contributed by atoms with Gasteiger partial charge in [0.05, 0.1) is 11.3 Å². The smallest absolute Gasteiger partial charge is 0.247 e. The molecule has 0 saturated heterocycles. The van der Waals surface area contributed by atoms with Gasteiger partial charge in [0.15, 0.2) is 0 Å². The highest BCUT2D eigenvalue weighted by Crippen LogP contribution is 2.32. The van der Waals surface area contributed by atoms with Crippen molar-refractivity contribution < 1.29 is 4.79 Å². The van der Waals surface area contributed by atoms with E-state index in [1.807, 2.05) is 11.6 Å². The number of aromatic nitrogens is 4.